The number of rotatable bonds is 4. The number of nitrogen functional groups attached to an aromatic ring is 1. The number of benzene rings is 2. The van der Waals surface area contributed by atoms with Crippen molar-refractivity contribution in [2.75, 3.05) is 17.7 Å². The van der Waals surface area contributed by atoms with E-state index in [4.69, 9.17) is 33.7 Å². The minimum absolute atomic E-state index is 0.463. The number of para-hydroxylation sites is 1. The summed E-state index contributed by atoms with van der Waals surface area (Å²) in [5.74, 6) is 0.644. The van der Waals surface area contributed by atoms with Crippen LogP contribution in [0.15, 0.2) is 36.4 Å². The van der Waals surface area contributed by atoms with Gasteiger partial charge in [0.2, 0.25) is 0 Å². The van der Waals surface area contributed by atoms with Crippen LogP contribution in [0.3, 0.4) is 0 Å². The number of nitrogens with two attached hydrogens (primary N) is 1. The SMILES string of the molecule is CCOc1cccc(Nc2cccc(Cl)c2Cl)c1N. The van der Waals surface area contributed by atoms with Crippen molar-refractivity contribution >= 4 is 40.3 Å². The normalized spacial score (nSPS) is 10.3. The summed E-state index contributed by atoms with van der Waals surface area (Å²) >= 11 is 12.1. The van der Waals surface area contributed by atoms with Gasteiger partial charge < -0.3 is 15.8 Å². The number of anilines is 3. The highest BCUT2D eigenvalue weighted by Gasteiger charge is 2.09. The van der Waals surface area contributed by atoms with Gasteiger partial charge in [-0.25, -0.2) is 0 Å². The first-order chi connectivity index (χ1) is 9.13. The van der Waals surface area contributed by atoms with E-state index in [2.05, 4.69) is 5.32 Å². The molecular formula is C14H14Cl2N2O. The molecule has 2 aromatic carbocycles. The van der Waals surface area contributed by atoms with Gasteiger partial charge in [-0.2, -0.15) is 0 Å². The summed E-state index contributed by atoms with van der Waals surface area (Å²) in [6, 6.07) is 10.9. The first-order valence-corrected chi connectivity index (χ1v) is 6.61. The van der Waals surface area contributed by atoms with Crippen molar-refractivity contribution in [1.29, 1.82) is 0 Å². The summed E-state index contributed by atoms with van der Waals surface area (Å²) < 4.78 is 5.44. The van der Waals surface area contributed by atoms with Gasteiger partial charge in [0, 0.05) is 0 Å². The average Bonchev–Trinajstić information content (AvgIpc) is 2.40. The van der Waals surface area contributed by atoms with E-state index in [0.29, 0.717) is 33.8 Å². The van der Waals surface area contributed by atoms with Crippen LogP contribution in [0.2, 0.25) is 10.0 Å². The van der Waals surface area contributed by atoms with Gasteiger partial charge in [-0.3, -0.25) is 0 Å². The predicted octanol–water partition coefficient (Wildman–Crippen LogP) is 4.72. The van der Waals surface area contributed by atoms with E-state index in [1.807, 2.05) is 37.3 Å². The van der Waals surface area contributed by atoms with Crippen molar-refractivity contribution in [2.45, 2.75) is 6.92 Å². The molecule has 3 N–H and O–H groups in total. The lowest BCUT2D eigenvalue weighted by molar-refractivity contribution is 0.342. The Balaban J connectivity index is 2.33. The molecule has 2 aromatic rings. The van der Waals surface area contributed by atoms with Crippen LogP contribution >= 0.6 is 23.2 Å². The first-order valence-electron chi connectivity index (χ1n) is 5.85. The quantitative estimate of drug-likeness (QED) is 0.803. The largest absolute Gasteiger partial charge is 0.492 e. The molecule has 2 rings (SSSR count). The molecule has 0 aliphatic rings. The Morgan fingerprint density at radius 1 is 1.11 bits per heavy atom. The minimum atomic E-state index is 0.463. The standard InChI is InChI=1S/C14H14Cl2N2O/c1-2-19-12-8-4-7-11(14(12)17)18-10-6-3-5-9(15)13(10)16/h3-8,18H,2,17H2,1H3. The summed E-state index contributed by atoms with van der Waals surface area (Å²) in [5, 5.41) is 4.11. The molecule has 0 atom stereocenters. The summed E-state index contributed by atoms with van der Waals surface area (Å²) in [7, 11) is 0. The summed E-state index contributed by atoms with van der Waals surface area (Å²) in [6.45, 7) is 2.47. The van der Waals surface area contributed by atoms with Crippen LogP contribution in [0.1, 0.15) is 6.92 Å². The molecular weight excluding hydrogens is 283 g/mol. The van der Waals surface area contributed by atoms with E-state index in [1.54, 1.807) is 6.07 Å². The third-order valence-electron chi connectivity index (χ3n) is 2.59. The fourth-order valence-electron chi connectivity index (χ4n) is 1.68. The van der Waals surface area contributed by atoms with Crippen LogP contribution in [0.4, 0.5) is 17.1 Å². The molecule has 5 heteroatoms. The van der Waals surface area contributed by atoms with Gasteiger partial charge in [-0.1, -0.05) is 35.3 Å². The van der Waals surface area contributed by atoms with Gasteiger partial charge in [0.25, 0.3) is 0 Å². The number of ether oxygens (including phenoxy) is 1. The zero-order valence-electron chi connectivity index (χ0n) is 10.4. The van der Waals surface area contributed by atoms with E-state index in [1.165, 1.54) is 0 Å². The summed E-state index contributed by atoms with van der Waals surface area (Å²) in [4.78, 5) is 0. The van der Waals surface area contributed by atoms with E-state index < -0.39 is 0 Å². The molecule has 0 amide bonds. The molecule has 0 unspecified atom stereocenters. The van der Waals surface area contributed by atoms with Crippen molar-refractivity contribution in [3.8, 4) is 5.75 Å². The second-order valence-electron chi connectivity index (χ2n) is 3.88. The predicted molar refractivity (Wildman–Crippen MR) is 81.8 cm³/mol. The Bertz CT molecular complexity index is 588. The highest BCUT2D eigenvalue weighted by molar-refractivity contribution is 6.43. The van der Waals surface area contributed by atoms with Crippen LogP contribution in [-0.2, 0) is 0 Å². The molecule has 0 spiro atoms. The fraction of sp³-hybridized carbons (Fsp3) is 0.143. The topological polar surface area (TPSA) is 47.3 Å². The van der Waals surface area contributed by atoms with Gasteiger partial charge in [0.1, 0.15) is 5.75 Å². The maximum atomic E-state index is 6.13. The fourth-order valence-corrected chi connectivity index (χ4v) is 2.03. The van der Waals surface area contributed by atoms with Crippen molar-refractivity contribution in [2.24, 2.45) is 0 Å². The van der Waals surface area contributed by atoms with E-state index in [-0.39, 0.29) is 0 Å². The molecule has 0 aromatic heterocycles. The maximum Gasteiger partial charge on any atom is 0.144 e. The lowest BCUT2D eigenvalue weighted by Crippen LogP contribution is -2.01. The van der Waals surface area contributed by atoms with Gasteiger partial charge in [0.15, 0.2) is 0 Å². The molecule has 0 radical (unpaired) electrons. The van der Waals surface area contributed by atoms with E-state index in [9.17, 15) is 0 Å². The third kappa shape index (κ3) is 3.06. The van der Waals surface area contributed by atoms with Crippen LogP contribution in [0, 0.1) is 0 Å². The smallest absolute Gasteiger partial charge is 0.144 e. The van der Waals surface area contributed by atoms with Gasteiger partial charge in [0.05, 0.1) is 33.7 Å². The lowest BCUT2D eigenvalue weighted by atomic mass is 10.2. The maximum absolute atomic E-state index is 6.13. The monoisotopic (exact) mass is 296 g/mol. The Morgan fingerprint density at radius 3 is 2.53 bits per heavy atom. The molecule has 0 bridgehead atoms. The molecule has 0 saturated carbocycles. The highest BCUT2D eigenvalue weighted by atomic mass is 35.5. The third-order valence-corrected chi connectivity index (χ3v) is 3.41. The number of hydrogen-bond donors (Lipinski definition) is 2. The Hall–Kier alpha value is -1.58. The number of hydrogen-bond acceptors (Lipinski definition) is 3. The molecule has 3 nitrogen and oxygen atoms in total. The Kier molecular flexibility index (Phi) is 4.40. The van der Waals surface area contributed by atoms with Gasteiger partial charge >= 0.3 is 0 Å². The van der Waals surface area contributed by atoms with Gasteiger partial charge in [-0.05, 0) is 31.2 Å². The van der Waals surface area contributed by atoms with Gasteiger partial charge in [-0.15, -0.1) is 0 Å². The zero-order chi connectivity index (χ0) is 13.8. The molecule has 0 saturated heterocycles. The first kappa shape index (κ1) is 13.8. The lowest BCUT2D eigenvalue weighted by Gasteiger charge is -2.14. The average molecular weight is 297 g/mol. The van der Waals surface area contributed by atoms with E-state index >= 15 is 0 Å². The zero-order valence-corrected chi connectivity index (χ0v) is 11.9. The molecule has 0 aliphatic heterocycles. The molecule has 0 aliphatic carbocycles. The summed E-state index contributed by atoms with van der Waals surface area (Å²) in [5.41, 5.74) is 8.02. The van der Waals surface area contributed by atoms with Crippen LogP contribution in [0.25, 0.3) is 0 Å². The molecule has 0 heterocycles. The van der Waals surface area contributed by atoms with Crippen molar-refractivity contribution < 1.29 is 4.74 Å². The summed E-state index contributed by atoms with van der Waals surface area (Å²) in [6.07, 6.45) is 0. The Morgan fingerprint density at radius 2 is 1.79 bits per heavy atom. The second-order valence-corrected chi connectivity index (χ2v) is 4.66. The van der Waals surface area contributed by atoms with Crippen LogP contribution < -0.4 is 15.8 Å². The molecule has 0 fully saturated rings. The van der Waals surface area contributed by atoms with Crippen molar-refractivity contribution in [3.63, 3.8) is 0 Å². The molecule has 100 valence electrons. The Labute approximate surface area is 122 Å². The highest BCUT2D eigenvalue weighted by Crippen LogP contribution is 2.36. The van der Waals surface area contributed by atoms with Crippen molar-refractivity contribution in [1.82, 2.24) is 0 Å². The van der Waals surface area contributed by atoms with Crippen LogP contribution in [-0.4, -0.2) is 6.61 Å². The van der Waals surface area contributed by atoms with Crippen molar-refractivity contribution in [3.05, 3.63) is 46.4 Å². The molecule has 19 heavy (non-hydrogen) atoms. The number of nitrogens with one attached hydrogen (secondary N) is 1. The number of halogens is 2. The minimum Gasteiger partial charge on any atom is -0.492 e. The second kappa shape index (κ2) is 6.04. The van der Waals surface area contributed by atoms with Crippen LogP contribution in [0.5, 0.6) is 5.75 Å². The van der Waals surface area contributed by atoms with E-state index in [0.717, 1.165) is 5.69 Å².